The van der Waals surface area contributed by atoms with Gasteiger partial charge < -0.3 is 14.4 Å². The van der Waals surface area contributed by atoms with E-state index >= 15 is 0 Å². The molecule has 0 atom stereocenters. The summed E-state index contributed by atoms with van der Waals surface area (Å²) in [5.41, 5.74) is 3.79. The fourth-order valence-electron chi connectivity index (χ4n) is 2.98. The molecule has 3 rings (SSSR count). The number of ether oxygens (including phenoxy) is 2. The summed E-state index contributed by atoms with van der Waals surface area (Å²) in [7, 11) is 3.15. The first-order valence-electron chi connectivity index (χ1n) is 7.44. The standard InChI is InChI=1S/C17H21NO3/c1-20-15-5-3-4-14(16(15)21-2)17(19)18-10-8-13(9-11-18)12-6-7-12/h3-5H,6-11H2,1-2H3. The normalized spacial score (nSPS) is 17.7. The van der Waals surface area contributed by atoms with Crippen molar-refractivity contribution in [2.24, 2.45) is 0 Å². The zero-order valence-corrected chi connectivity index (χ0v) is 12.6. The first-order valence-corrected chi connectivity index (χ1v) is 7.44. The van der Waals surface area contributed by atoms with Crippen molar-refractivity contribution in [3.8, 4) is 11.5 Å². The number of rotatable bonds is 3. The van der Waals surface area contributed by atoms with Crippen LogP contribution in [0, 0.1) is 0 Å². The third-order valence-corrected chi connectivity index (χ3v) is 4.29. The highest BCUT2D eigenvalue weighted by Gasteiger charge is 2.27. The van der Waals surface area contributed by atoms with Crippen LogP contribution in [-0.4, -0.2) is 38.1 Å². The van der Waals surface area contributed by atoms with Crippen LogP contribution < -0.4 is 9.47 Å². The highest BCUT2D eigenvalue weighted by atomic mass is 16.5. The first kappa shape index (κ1) is 14.0. The van der Waals surface area contributed by atoms with Gasteiger partial charge >= 0.3 is 0 Å². The van der Waals surface area contributed by atoms with Crippen molar-refractivity contribution in [2.75, 3.05) is 27.3 Å². The van der Waals surface area contributed by atoms with Gasteiger partial charge in [0.25, 0.3) is 5.91 Å². The largest absolute Gasteiger partial charge is 0.493 e. The number of piperidine rings is 1. The number of carbonyl (C=O) groups excluding carboxylic acids is 1. The maximum atomic E-state index is 12.7. The Morgan fingerprint density at radius 2 is 1.67 bits per heavy atom. The van der Waals surface area contributed by atoms with E-state index in [-0.39, 0.29) is 5.91 Å². The van der Waals surface area contributed by atoms with Gasteiger partial charge in [-0.25, -0.2) is 0 Å². The minimum absolute atomic E-state index is 0.0330. The summed E-state index contributed by atoms with van der Waals surface area (Å²) in [5.74, 6) is 1.16. The molecule has 1 heterocycles. The lowest BCUT2D eigenvalue weighted by Gasteiger charge is -2.29. The molecule has 112 valence electrons. The molecule has 1 aromatic carbocycles. The summed E-state index contributed by atoms with van der Waals surface area (Å²) in [6.45, 7) is 1.61. The van der Waals surface area contributed by atoms with Crippen LogP contribution in [-0.2, 0) is 0 Å². The second-order valence-corrected chi connectivity index (χ2v) is 5.54. The summed E-state index contributed by atoms with van der Waals surface area (Å²) in [6.07, 6.45) is 4.58. The number of methoxy groups -OCH3 is 2. The Morgan fingerprint density at radius 3 is 2.24 bits per heavy atom. The van der Waals surface area contributed by atoms with Crippen molar-refractivity contribution in [3.63, 3.8) is 0 Å². The molecule has 1 saturated heterocycles. The molecular formula is C17H21NO3. The van der Waals surface area contributed by atoms with Gasteiger partial charge in [0.2, 0.25) is 0 Å². The predicted molar refractivity (Wildman–Crippen MR) is 80.9 cm³/mol. The van der Waals surface area contributed by atoms with E-state index in [0.717, 1.165) is 25.9 Å². The number of amides is 1. The minimum atomic E-state index is 0.0330. The average molecular weight is 287 g/mol. The molecule has 4 heteroatoms. The maximum Gasteiger partial charge on any atom is 0.257 e. The number of para-hydroxylation sites is 1. The molecule has 1 amide bonds. The fourth-order valence-corrected chi connectivity index (χ4v) is 2.98. The van der Waals surface area contributed by atoms with E-state index in [0.29, 0.717) is 17.1 Å². The molecule has 0 bridgehead atoms. The second kappa shape index (κ2) is 5.80. The van der Waals surface area contributed by atoms with Crippen LogP contribution in [0.2, 0.25) is 0 Å². The third kappa shape index (κ3) is 2.75. The Kier molecular flexibility index (Phi) is 3.86. The van der Waals surface area contributed by atoms with Gasteiger partial charge in [-0.1, -0.05) is 17.2 Å². The van der Waals surface area contributed by atoms with Crippen molar-refractivity contribution in [3.05, 3.63) is 34.9 Å². The van der Waals surface area contributed by atoms with E-state index in [9.17, 15) is 4.79 Å². The van der Waals surface area contributed by atoms with Crippen molar-refractivity contribution in [1.29, 1.82) is 0 Å². The van der Waals surface area contributed by atoms with Gasteiger partial charge in [0, 0.05) is 13.1 Å². The molecule has 0 radical (unpaired) electrons. The summed E-state index contributed by atoms with van der Waals surface area (Å²) >= 11 is 0. The van der Waals surface area contributed by atoms with Crippen molar-refractivity contribution in [1.82, 2.24) is 4.90 Å². The molecular weight excluding hydrogens is 266 g/mol. The van der Waals surface area contributed by atoms with Gasteiger partial charge in [0.15, 0.2) is 11.5 Å². The number of allylic oxidation sites excluding steroid dienone is 1. The molecule has 1 aliphatic carbocycles. The monoisotopic (exact) mass is 287 g/mol. The van der Waals surface area contributed by atoms with Gasteiger partial charge in [-0.15, -0.1) is 0 Å². The van der Waals surface area contributed by atoms with Crippen molar-refractivity contribution >= 4 is 5.91 Å². The number of likely N-dealkylation sites (tertiary alicyclic amines) is 1. The number of carbonyl (C=O) groups is 1. The lowest BCUT2D eigenvalue weighted by molar-refractivity contribution is 0.0739. The fraction of sp³-hybridized carbons (Fsp3) is 0.471. The summed E-state index contributed by atoms with van der Waals surface area (Å²) in [5, 5.41) is 0. The lowest BCUT2D eigenvalue weighted by Crippen LogP contribution is -2.36. The number of hydrogen-bond acceptors (Lipinski definition) is 3. The smallest absolute Gasteiger partial charge is 0.257 e. The molecule has 0 unspecified atom stereocenters. The average Bonchev–Trinajstić information content (AvgIpc) is 3.38. The zero-order valence-electron chi connectivity index (χ0n) is 12.6. The molecule has 2 fully saturated rings. The minimum Gasteiger partial charge on any atom is -0.493 e. The molecule has 0 spiro atoms. The molecule has 0 N–H and O–H groups in total. The van der Waals surface area contributed by atoms with Gasteiger partial charge in [0.05, 0.1) is 19.8 Å². The molecule has 2 aliphatic rings. The number of hydrogen-bond donors (Lipinski definition) is 0. The zero-order chi connectivity index (χ0) is 14.8. The van der Waals surface area contributed by atoms with Crippen LogP contribution in [0.5, 0.6) is 11.5 Å². The quantitative estimate of drug-likeness (QED) is 0.802. The van der Waals surface area contributed by atoms with Crippen LogP contribution in [0.1, 0.15) is 36.0 Å². The number of nitrogens with zero attached hydrogens (tertiary/aromatic N) is 1. The number of benzene rings is 1. The molecule has 0 aromatic heterocycles. The Balaban J connectivity index is 1.78. The van der Waals surface area contributed by atoms with Crippen LogP contribution in [0.4, 0.5) is 0 Å². The van der Waals surface area contributed by atoms with Crippen molar-refractivity contribution in [2.45, 2.75) is 25.7 Å². The highest BCUT2D eigenvalue weighted by molar-refractivity contribution is 5.98. The van der Waals surface area contributed by atoms with Crippen LogP contribution >= 0.6 is 0 Å². The molecule has 21 heavy (non-hydrogen) atoms. The van der Waals surface area contributed by atoms with Crippen molar-refractivity contribution < 1.29 is 14.3 Å². The first-order chi connectivity index (χ1) is 10.2. The van der Waals surface area contributed by atoms with E-state index in [1.807, 2.05) is 11.0 Å². The topological polar surface area (TPSA) is 38.8 Å². The van der Waals surface area contributed by atoms with E-state index < -0.39 is 0 Å². The summed E-state index contributed by atoms with van der Waals surface area (Å²) < 4.78 is 10.6. The van der Waals surface area contributed by atoms with Crippen LogP contribution in [0.3, 0.4) is 0 Å². The predicted octanol–water partition coefficient (Wildman–Crippen LogP) is 3.03. The third-order valence-electron chi connectivity index (χ3n) is 4.29. The van der Waals surface area contributed by atoms with Gasteiger partial charge in [-0.3, -0.25) is 4.79 Å². The SMILES string of the molecule is COc1cccc(C(=O)N2CCC(=C3CC3)CC2)c1OC. The van der Waals surface area contributed by atoms with E-state index in [1.165, 1.54) is 12.8 Å². The van der Waals surface area contributed by atoms with Crippen LogP contribution in [0.25, 0.3) is 0 Å². The molecule has 1 aliphatic heterocycles. The molecule has 4 nitrogen and oxygen atoms in total. The molecule has 1 aromatic rings. The Bertz CT molecular complexity index is 576. The summed E-state index contributed by atoms with van der Waals surface area (Å²) in [6, 6.07) is 5.44. The summed E-state index contributed by atoms with van der Waals surface area (Å²) in [4.78, 5) is 14.6. The van der Waals surface area contributed by atoms with Gasteiger partial charge in [-0.05, 0) is 37.8 Å². The molecule has 1 saturated carbocycles. The van der Waals surface area contributed by atoms with E-state index in [4.69, 9.17) is 9.47 Å². The Morgan fingerprint density at radius 1 is 1.00 bits per heavy atom. The van der Waals surface area contributed by atoms with Gasteiger partial charge in [0.1, 0.15) is 0 Å². The van der Waals surface area contributed by atoms with Gasteiger partial charge in [-0.2, -0.15) is 0 Å². The van der Waals surface area contributed by atoms with Crippen LogP contribution in [0.15, 0.2) is 29.3 Å². The second-order valence-electron chi connectivity index (χ2n) is 5.54. The van der Waals surface area contributed by atoms with E-state index in [2.05, 4.69) is 0 Å². The Hall–Kier alpha value is -1.97. The Labute approximate surface area is 125 Å². The maximum absolute atomic E-state index is 12.7. The highest BCUT2D eigenvalue weighted by Crippen LogP contribution is 2.37. The lowest BCUT2D eigenvalue weighted by atomic mass is 10.0. The van der Waals surface area contributed by atoms with E-state index in [1.54, 1.807) is 37.5 Å².